The third kappa shape index (κ3) is 2.85. The van der Waals surface area contributed by atoms with Gasteiger partial charge in [0.05, 0.1) is 7.11 Å². The minimum Gasteiger partial charge on any atom is -0.480 e. The van der Waals surface area contributed by atoms with Gasteiger partial charge >= 0.3 is 11.9 Å². The van der Waals surface area contributed by atoms with Crippen molar-refractivity contribution >= 4 is 28.8 Å². The van der Waals surface area contributed by atoms with Gasteiger partial charge < -0.3 is 9.84 Å². The van der Waals surface area contributed by atoms with Gasteiger partial charge in [0.15, 0.2) is 5.92 Å². The molecule has 0 aliphatic carbocycles. The van der Waals surface area contributed by atoms with Gasteiger partial charge in [-0.1, -0.05) is 54.6 Å². The topological polar surface area (TPSA) is 63.6 Å². The van der Waals surface area contributed by atoms with Crippen LogP contribution in [0.5, 0.6) is 0 Å². The highest BCUT2D eigenvalue weighted by Gasteiger charge is 2.23. The van der Waals surface area contributed by atoms with Crippen LogP contribution in [0, 0.1) is 5.92 Å². The van der Waals surface area contributed by atoms with E-state index in [2.05, 4.69) is 4.74 Å². The van der Waals surface area contributed by atoms with Crippen LogP contribution in [0.3, 0.4) is 0 Å². The number of fused-ring (bicyclic) bond motifs is 1. The van der Waals surface area contributed by atoms with E-state index in [1.807, 2.05) is 42.5 Å². The second-order valence-electron chi connectivity index (χ2n) is 4.27. The van der Waals surface area contributed by atoms with Crippen molar-refractivity contribution in [3.8, 4) is 0 Å². The lowest BCUT2D eigenvalue weighted by atomic mass is 10.0. The highest BCUT2D eigenvalue weighted by atomic mass is 16.5. The number of carbonyl (C=O) groups is 2. The summed E-state index contributed by atoms with van der Waals surface area (Å²) < 4.78 is 4.48. The number of aliphatic carboxylic acids is 1. The van der Waals surface area contributed by atoms with Gasteiger partial charge in [0.25, 0.3) is 0 Å². The predicted octanol–water partition coefficient (Wildman–Crippen LogP) is 2.73. The number of rotatable bonds is 4. The number of carboxylic acid groups (broad SMARTS) is 1. The maximum atomic E-state index is 11.4. The molecular formula is C16H14O4. The summed E-state index contributed by atoms with van der Waals surface area (Å²) in [6, 6.07) is 13.5. The molecule has 2 rings (SSSR count). The molecule has 0 radical (unpaired) electrons. The van der Waals surface area contributed by atoms with E-state index in [9.17, 15) is 9.59 Å². The monoisotopic (exact) mass is 270 g/mol. The van der Waals surface area contributed by atoms with E-state index >= 15 is 0 Å². The average molecular weight is 270 g/mol. The molecule has 2 aromatic rings. The van der Waals surface area contributed by atoms with Gasteiger partial charge in [0, 0.05) is 0 Å². The first-order chi connectivity index (χ1) is 9.63. The quantitative estimate of drug-likeness (QED) is 0.685. The summed E-state index contributed by atoms with van der Waals surface area (Å²) in [5.41, 5.74) is 0.859. The molecular weight excluding hydrogens is 256 g/mol. The van der Waals surface area contributed by atoms with E-state index in [1.165, 1.54) is 13.2 Å². The number of esters is 1. The summed E-state index contributed by atoms with van der Waals surface area (Å²) >= 11 is 0. The van der Waals surface area contributed by atoms with Crippen LogP contribution in [0.1, 0.15) is 5.56 Å². The van der Waals surface area contributed by atoms with Crippen molar-refractivity contribution in [2.45, 2.75) is 0 Å². The molecule has 0 amide bonds. The highest BCUT2D eigenvalue weighted by Crippen LogP contribution is 2.20. The molecule has 1 N–H and O–H groups in total. The number of carboxylic acids is 1. The molecule has 0 fully saturated rings. The number of hydrogen-bond acceptors (Lipinski definition) is 3. The summed E-state index contributed by atoms with van der Waals surface area (Å²) in [6.45, 7) is 0. The normalized spacial score (nSPS) is 12.4. The van der Waals surface area contributed by atoms with Crippen molar-refractivity contribution in [2.75, 3.05) is 7.11 Å². The van der Waals surface area contributed by atoms with Crippen LogP contribution in [0.4, 0.5) is 0 Å². The molecule has 0 aliphatic rings. The maximum absolute atomic E-state index is 11.4. The molecule has 20 heavy (non-hydrogen) atoms. The Labute approximate surface area is 116 Å². The Hall–Kier alpha value is -2.62. The predicted molar refractivity (Wildman–Crippen MR) is 76.1 cm³/mol. The fourth-order valence-corrected chi connectivity index (χ4v) is 1.98. The lowest BCUT2D eigenvalue weighted by molar-refractivity contribution is -0.154. The van der Waals surface area contributed by atoms with E-state index in [-0.39, 0.29) is 0 Å². The molecule has 4 nitrogen and oxygen atoms in total. The summed E-state index contributed by atoms with van der Waals surface area (Å²) in [6.07, 6.45) is 2.98. The Morgan fingerprint density at radius 3 is 2.55 bits per heavy atom. The van der Waals surface area contributed by atoms with Crippen LogP contribution in [-0.2, 0) is 14.3 Å². The smallest absolute Gasteiger partial charge is 0.323 e. The molecule has 0 bridgehead atoms. The summed E-state index contributed by atoms with van der Waals surface area (Å²) in [5.74, 6) is -3.30. The largest absolute Gasteiger partial charge is 0.480 e. The first kappa shape index (κ1) is 13.8. The van der Waals surface area contributed by atoms with E-state index < -0.39 is 17.9 Å². The lowest BCUT2D eigenvalue weighted by Gasteiger charge is -2.05. The molecule has 2 aromatic carbocycles. The minimum atomic E-state index is -1.29. The fraction of sp³-hybridized carbons (Fsp3) is 0.125. The van der Waals surface area contributed by atoms with Crippen molar-refractivity contribution < 1.29 is 19.4 Å². The van der Waals surface area contributed by atoms with E-state index in [0.717, 1.165) is 16.3 Å². The van der Waals surface area contributed by atoms with Gasteiger partial charge in [0.2, 0.25) is 0 Å². The van der Waals surface area contributed by atoms with E-state index in [1.54, 1.807) is 6.08 Å². The van der Waals surface area contributed by atoms with Gasteiger partial charge in [-0.25, -0.2) is 0 Å². The van der Waals surface area contributed by atoms with E-state index in [0.29, 0.717) is 0 Å². The zero-order chi connectivity index (χ0) is 14.5. The third-order valence-corrected chi connectivity index (χ3v) is 3.01. The molecule has 0 heterocycles. The standard InChI is InChI=1S/C16H14O4/c1-20-16(19)14(15(17)18)10-9-12-7-4-6-11-5-2-3-8-13(11)12/h2-10,14H,1H3,(H,17,18)/b10-9+. The number of hydrogen-bond donors (Lipinski definition) is 1. The summed E-state index contributed by atoms with van der Waals surface area (Å²) in [4.78, 5) is 22.4. The van der Waals surface area contributed by atoms with Crippen molar-refractivity contribution in [2.24, 2.45) is 5.92 Å². The van der Waals surface area contributed by atoms with Gasteiger partial charge in [0.1, 0.15) is 0 Å². The zero-order valence-corrected chi connectivity index (χ0v) is 10.9. The second kappa shape index (κ2) is 6.02. The summed E-state index contributed by atoms with van der Waals surface area (Å²) in [5, 5.41) is 11.1. The van der Waals surface area contributed by atoms with E-state index in [4.69, 9.17) is 5.11 Å². The van der Waals surface area contributed by atoms with Crippen LogP contribution in [0.2, 0.25) is 0 Å². The van der Waals surface area contributed by atoms with Crippen LogP contribution in [0.25, 0.3) is 16.8 Å². The van der Waals surface area contributed by atoms with Gasteiger partial charge in [-0.3, -0.25) is 9.59 Å². The van der Waals surface area contributed by atoms with Gasteiger partial charge in [-0.2, -0.15) is 0 Å². The molecule has 4 heteroatoms. The third-order valence-electron chi connectivity index (χ3n) is 3.01. The lowest BCUT2D eigenvalue weighted by Crippen LogP contribution is -2.22. The molecule has 1 atom stereocenters. The fourth-order valence-electron chi connectivity index (χ4n) is 1.98. The zero-order valence-electron chi connectivity index (χ0n) is 10.9. The van der Waals surface area contributed by atoms with Crippen molar-refractivity contribution in [1.82, 2.24) is 0 Å². The van der Waals surface area contributed by atoms with Crippen LogP contribution in [0.15, 0.2) is 48.5 Å². The highest BCUT2D eigenvalue weighted by molar-refractivity contribution is 5.98. The first-order valence-electron chi connectivity index (χ1n) is 6.10. The molecule has 0 aliphatic heterocycles. The molecule has 1 unspecified atom stereocenters. The number of carbonyl (C=O) groups excluding carboxylic acids is 1. The Morgan fingerprint density at radius 2 is 1.85 bits per heavy atom. The Balaban J connectivity index is 2.38. The first-order valence-corrected chi connectivity index (χ1v) is 6.10. The molecule has 102 valence electrons. The van der Waals surface area contributed by atoms with Crippen molar-refractivity contribution in [3.05, 3.63) is 54.1 Å². The number of benzene rings is 2. The van der Waals surface area contributed by atoms with Crippen molar-refractivity contribution in [3.63, 3.8) is 0 Å². The Bertz CT molecular complexity index is 668. The minimum absolute atomic E-state index is 0.783. The molecule has 0 spiro atoms. The van der Waals surface area contributed by atoms with Crippen LogP contribution < -0.4 is 0 Å². The average Bonchev–Trinajstić information content (AvgIpc) is 2.47. The summed E-state index contributed by atoms with van der Waals surface area (Å²) in [7, 11) is 1.17. The Kier molecular flexibility index (Phi) is 4.15. The second-order valence-corrected chi connectivity index (χ2v) is 4.27. The van der Waals surface area contributed by atoms with Crippen LogP contribution in [-0.4, -0.2) is 24.2 Å². The van der Waals surface area contributed by atoms with Crippen molar-refractivity contribution in [1.29, 1.82) is 0 Å². The molecule has 0 saturated heterocycles. The molecule has 0 aromatic heterocycles. The number of methoxy groups -OCH3 is 1. The van der Waals surface area contributed by atoms with Crippen LogP contribution >= 0.6 is 0 Å². The van der Waals surface area contributed by atoms with Gasteiger partial charge in [-0.15, -0.1) is 0 Å². The van der Waals surface area contributed by atoms with Gasteiger partial charge in [-0.05, 0) is 16.3 Å². The number of ether oxygens (including phenoxy) is 1. The molecule has 0 saturated carbocycles. The SMILES string of the molecule is COC(=O)C(/C=C/c1cccc2ccccc12)C(=O)O. The maximum Gasteiger partial charge on any atom is 0.323 e. The Morgan fingerprint density at radius 1 is 1.15 bits per heavy atom.